The van der Waals surface area contributed by atoms with Crippen LogP contribution in [-0.4, -0.2) is 29.0 Å². The van der Waals surface area contributed by atoms with Gasteiger partial charge in [0.05, 0.1) is 19.4 Å². The molecule has 1 heterocycles. The Hall–Kier alpha value is -2.14. The minimum absolute atomic E-state index is 0.421. The van der Waals surface area contributed by atoms with Gasteiger partial charge in [-0.25, -0.2) is 0 Å². The van der Waals surface area contributed by atoms with Crippen LogP contribution in [0.2, 0.25) is 0 Å². The summed E-state index contributed by atoms with van der Waals surface area (Å²) in [7, 11) is 1.52. The van der Waals surface area contributed by atoms with Gasteiger partial charge >= 0.3 is 0 Å². The zero-order valence-electron chi connectivity index (χ0n) is 11.6. The third kappa shape index (κ3) is 3.45. The Morgan fingerprint density at radius 3 is 2.40 bits per heavy atom. The van der Waals surface area contributed by atoms with Crippen molar-refractivity contribution in [2.75, 3.05) is 13.7 Å². The molecule has 0 spiro atoms. The van der Waals surface area contributed by atoms with Crippen LogP contribution >= 0.6 is 0 Å². The highest BCUT2D eigenvalue weighted by Gasteiger charge is 2.12. The largest absolute Gasteiger partial charge is 0.494 e. The Labute approximate surface area is 118 Å². The van der Waals surface area contributed by atoms with Gasteiger partial charge in [-0.3, -0.25) is 0 Å². The van der Waals surface area contributed by atoms with Gasteiger partial charge in [-0.05, 0) is 30.2 Å². The molecule has 0 aliphatic heterocycles. The molecule has 0 amide bonds. The number of nitrogens with zero attached hydrogens (tertiary/aromatic N) is 2. The van der Waals surface area contributed by atoms with Crippen LogP contribution in [0.1, 0.15) is 30.7 Å². The van der Waals surface area contributed by atoms with Crippen molar-refractivity contribution < 1.29 is 14.6 Å². The fourth-order valence-electron chi connectivity index (χ4n) is 1.72. The summed E-state index contributed by atoms with van der Waals surface area (Å²) in [5, 5.41) is 18.0. The number of rotatable bonds is 6. The van der Waals surface area contributed by atoms with Gasteiger partial charge < -0.3 is 14.6 Å². The summed E-state index contributed by atoms with van der Waals surface area (Å²) in [6, 6.07) is 10.7. The van der Waals surface area contributed by atoms with E-state index >= 15 is 0 Å². The Bertz CT molecular complexity index is 526. The quantitative estimate of drug-likeness (QED) is 0.876. The lowest BCUT2D eigenvalue weighted by Gasteiger charge is -2.11. The number of aliphatic hydroxyl groups is 1. The molecule has 0 aliphatic rings. The third-order valence-corrected chi connectivity index (χ3v) is 2.82. The van der Waals surface area contributed by atoms with Crippen LogP contribution in [-0.2, 0) is 0 Å². The van der Waals surface area contributed by atoms with E-state index in [1.165, 1.54) is 7.11 Å². The molecule has 5 nitrogen and oxygen atoms in total. The highest BCUT2D eigenvalue weighted by molar-refractivity contribution is 5.32. The average molecular weight is 274 g/mol. The highest BCUT2D eigenvalue weighted by Crippen LogP contribution is 2.23. The SMILES string of the molecule is CCCOc1ccc(C(O)c2ccc(OC)nn2)cc1. The van der Waals surface area contributed by atoms with Crippen LogP contribution in [0.15, 0.2) is 36.4 Å². The molecule has 1 aromatic carbocycles. The molecule has 1 aromatic heterocycles. The molecular weight excluding hydrogens is 256 g/mol. The maximum absolute atomic E-state index is 10.2. The third-order valence-electron chi connectivity index (χ3n) is 2.82. The minimum Gasteiger partial charge on any atom is -0.494 e. The summed E-state index contributed by atoms with van der Waals surface area (Å²) in [6.07, 6.45) is 0.153. The summed E-state index contributed by atoms with van der Waals surface area (Å²) in [4.78, 5) is 0. The van der Waals surface area contributed by atoms with Crippen LogP contribution in [0, 0.1) is 0 Å². The van der Waals surface area contributed by atoms with Crippen LogP contribution in [0.5, 0.6) is 11.6 Å². The molecule has 0 saturated carbocycles. The van der Waals surface area contributed by atoms with Crippen LogP contribution < -0.4 is 9.47 Å². The van der Waals surface area contributed by atoms with E-state index in [1.807, 2.05) is 24.3 Å². The van der Waals surface area contributed by atoms with Crippen LogP contribution in [0.25, 0.3) is 0 Å². The summed E-state index contributed by atoms with van der Waals surface area (Å²) >= 11 is 0. The average Bonchev–Trinajstić information content (AvgIpc) is 2.53. The van der Waals surface area contributed by atoms with E-state index in [1.54, 1.807) is 12.1 Å². The van der Waals surface area contributed by atoms with E-state index in [2.05, 4.69) is 17.1 Å². The van der Waals surface area contributed by atoms with Crippen molar-refractivity contribution >= 4 is 0 Å². The molecule has 106 valence electrons. The second-order valence-electron chi connectivity index (χ2n) is 4.32. The lowest BCUT2D eigenvalue weighted by Crippen LogP contribution is -2.04. The van der Waals surface area contributed by atoms with E-state index in [0.29, 0.717) is 18.2 Å². The summed E-state index contributed by atoms with van der Waals surface area (Å²) in [5.41, 5.74) is 1.22. The number of benzene rings is 1. The monoisotopic (exact) mass is 274 g/mol. The van der Waals surface area contributed by atoms with Crippen molar-refractivity contribution in [2.24, 2.45) is 0 Å². The van der Waals surface area contributed by atoms with Crippen LogP contribution in [0.4, 0.5) is 0 Å². The van der Waals surface area contributed by atoms with Gasteiger partial charge in [-0.1, -0.05) is 19.1 Å². The molecule has 1 atom stereocenters. The Morgan fingerprint density at radius 1 is 1.10 bits per heavy atom. The molecule has 0 saturated heterocycles. The summed E-state index contributed by atoms with van der Waals surface area (Å²) in [5.74, 6) is 1.22. The molecule has 2 aromatic rings. The summed E-state index contributed by atoms with van der Waals surface area (Å²) < 4.78 is 10.4. The van der Waals surface area contributed by atoms with E-state index in [9.17, 15) is 5.11 Å². The van der Waals surface area contributed by atoms with E-state index < -0.39 is 6.10 Å². The van der Waals surface area contributed by atoms with Gasteiger partial charge in [0.2, 0.25) is 5.88 Å². The number of ether oxygens (including phenoxy) is 2. The first kappa shape index (κ1) is 14.3. The van der Waals surface area contributed by atoms with E-state index in [4.69, 9.17) is 9.47 Å². The number of methoxy groups -OCH3 is 1. The first-order valence-electron chi connectivity index (χ1n) is 6.53. The summed E-state index contributed by atoms with van der Waals surface area (Å²) in [6.45, 7) is 2.74. The van der Waals surface area contributed by atoms with Crippen molar-refractivity contribution in [3.05, 3.63) is 47.7 Å². The van der Waals surface area contributed by atoms with Crippen molar-refractivity contribution in [1.82, 2.24) is 10.2 Å². The standard InChI is InChI=1S/C15H18N2O3/c1-3-10-20-12-6-4-11(5-7-12)15(18)13-8-9-14(19-2)17-16-13/h4-9,15,18H,3,10H2,1-2H3. The molecule has 0 bridgehead atoms. The molecule has 0 aliphatic carbocycles. The minimum atomic E-state index is -0.811. The molecule has 5 heteroatoms. The Kier molecular flexibility index (Phi) is 4.90. The Morgan fingerprint density at radius 2 is 1.85 bits per heavy atom. The normalized spacial score (nSPS) is 11.9. The van der Waals surface area contributed by atoms with Gasteiger partial charge in [-0.15, -0.1) is 10.2 Å². The fraction of sp³-hybridized carbons (Fsp3) is 0.333. The maximum atomic E-state index is 10.2. The number of hydrogen-bond acceptors (Lipinski definition) is 5. The van der Waals surface area contributed by atoms with Crippen molar-refractivity contribution in [3.63, 3.8) is 0 Å². The highest BCUT2D eigenvalue weighted by atomic mass is 16.5. The lowest BCUT2D eigenvalue weighted by atomic mass is 10.1. The predicted octanol–water partition coefficient (Wildman–Crippen LogP) is 2.36. The Balaban J connectivity index is 2.09. The molecule has 2 rings (SSSR count). The zero-order chi connectivity index (χ0) is 14.4. The lowest BCUT2D eigenvalue weighted by molar-refractivity contribution is 0.213. The molecule has 1 unspecified atom stereocenters. The topological polar surface area (TPSA) is 64.5 Å². The van der Waals surface area contributed by atoms with E-state index in [-0.39, 0.29) is 0 Å². The van der Waals surface area contributed by atoms with Crippen molar-refractivity contribution in [3.8, 4) is 11.6 Å². The first-order valence-corrected chi connectivity index (χ1v) is 6.53. The molecule has 20 heavy (non-hydrogen) atoms. The zero-order valence-corrected chi connectivity index (χ0v) is 11.6. The fourth-order valence-corrected chi connectivity index (χ4v) is 1.72. The van der Waals surface area contributed by atoms with Crippen LogP contribution in [0.3, 0.4) is 0 Å². The second-order valence-corrected chi connectivity index (χ2v) is 4.32. The predicted molar refractivity (Wildman–Crippen MR) is 74.9 cm³/mol. The van der Waals surface area contributed by atoms with Gasteiger partial charge in [0.1, 0.15) is 11.9 Å². The second kappa shape index (κ2) is 6.86. The number of hydrogen-bond donors (Lipinski definition) is 1. The first-order chi connectivity index (χ1) is 9.74. The van der Waals surface area contributed by atoms with Gasteiger partial charge in [0.25, 0.3) is 0 Å². The number of aromatic nitrogens is 2. The van der Waals surface area contributed by atoms with Gasteiger partial charge in [-0.2, -0.15) is 0 Å². The van der Waals surface area contributed by atoms with Crippen molar-refractivity contribution in [1.29, 1.82) is 0 Å². The molecule has 1 N–H and O–H groups in total. The number of aliphatic hydroxyl groups excluding tert-OH is 1. The van der Waals surface area contributed by atoms with Gasteiger partial charge in [0.15, 0.2) is 0 Å². The van der Waals surface area contributed by atoms with Gasteiger partial charge in [0, 0.05) is 6.07 Å². The molecule has 0 radical (unpaired) electrons. The van der Waals surface area contributed by atoms with Crippen molar-refractivity contribution in [2.45, 2.75) is 19.4 Å². The maximum Gasteiger partial charge on any atom is 0.233 e. The molecular formula is C15H18N2O3. The molecule has 0 fully saturated rings. The smallest absolute Gasteiger partial charge is 0.233 e. The van der Waals surface area contributed by atoms with E-state index in [0.717, 1.165) is 17.7 Å².